The molecule has 3 heterocycles. The standard InChI is InChI=1S/C25H22N2O2/c28-22-11-10-17-7-9-20-15-21(19-8-6-16-4-1-2-5-18(16)14-19)25(29)27-13-3-12-26(22)23(17)24(20)27/h6-11,14-15H,1-5,12-13H2. The SMILES string of the molecule is O=c1ccc2ccc3cc(-c4ccc5c(c4)CCCC5)c(=O)n4c3c2n1CCC4. The van der Waals surface area contributed by atoms with E-state index in [1.807, 2.05) is 21.3 Å². The minimum absolute atomic E-state index is 0.00432. The first-order chi connectivity index (χ1) is 14.2. The Kier molecular flexibility index (Phi) is 3.58. The number of pyridine rings is 2. The summed E-state index contributed by atoms with van der Waals surface area (Å²) in [6.07, 6.45) is 5.49. The van der Waals surface area contributed by atoms with Gasteiger partial charge in [0.25, 0.3) is 11.1 Å². The Bertz CT molecular complexity index is 1430. The van der Waals surface area contributed by atoms with E-state index in [0.717, 1.165) is 52.2 Å². The van der Waals surface area contributed by atoms with E-state index in [1.54, 1.807) is 6.07 Å². The lowest BCUT2D eigenvalue weighted by Crippen LogP contribution is -2.22. The molecule has 2 aromatic carbocycles. The molecule has 29 heavy (non-hydrogen) atoms. The van der Waals surface area contributed by atoms with Crippen LogP contribution in [0.2, 0.25) is 0 Å². The van der Waals surface area contributed by atoms with Gasteiger partial charge in [0.1, 0.15) is 0 Å². The Hall–Kier alpha value is -3.14. The largest absolute Gasteiger partial charge is 0.306 e. The number of aromatic nitrogens is 2. The highest BCUT2D eigenvalue weighted by atomic mass is 16.1. The normalized spacial score (nSPS) is 15.6. The molecule has 0 fully saturated rings. The minimum Gasteiger partial charge on any atom is -0.306 e. The molecule has 2 aliphatic rings. The number of hydrogen-bond acceptors (Lipinski definition) is 2. The van der Waals surface area contributed by atoms with Crippen LogP contribution in [0, 0.1) is 0 Å². The van der Waals surface area contributed by atoms with Gasteiger partial charge in [0, 0.05) is 35.5 Å². The second-order valence-corrected chi connectivity index (χ2v) is 8.32. The third kappa shape index (κ3) is 2.45. The van der Waals surface area contributed by atoms with Gasteiger partial charge in [-0.2, -0.15) is 0 Å². The van der Waals surface area contributed by atoms with Gasteiger partial charge < -0.3 is 9.13 Å². The van der Waals surface area contributed by atoms with E-state index in [4.69, 9.17) is 0 Å². The molecule has 0 radical (unpaired) electrons. The zero-order valence-corrected chi connectivity index (χ0v) is 16.3. The molecule has 0 saturated carbocycles. The predicted octanol–water partition coefficient (Wildman–Crippen LogP) is 4.27. The van der Waals surface area contributed by atoms with Gasteiger partial charge in [-0.3, -0.25) is 9.59 Å². The molecular weight excluding hydrogens is 360 g/mol. The summed E-state index contributed by atoms with van der Waals surface area (Å²) in [5.74, 6) is 0. The van der Waals surface area contributed by atoms with Crippen molar-refractivity contribution in [2.75, 3.05) is 0 Å². The quantitative estimate of drug-likeness (QED) is 0.462. The fourth-order valence-electron chi connectivity index (χ4n) is 5.18. The van der Waals surface area contributed by atoms with Gasteiger partial charge in [0.2, 0.25) is 0 Å². The van der Waals surface area contributed by atoms with Crippen LogP contribution >= 0.6 is 0 Å². The van der Waals surface area contributed by atoms with Crippen LogP contribution in [0.1, 0.15) is 30.4 Å². The van der Waals surface area contributed by atoms with Gasteiger partial charge in [0.15, 0.2) is 0 Å². The predicted molar refractivity (Wildman–Crippen MR) is 117 cm³/mol. The molecule has 6 rings (SSSR count). The minimum atomic E-state index is 0.00432. The summed E-state index contributed by atoms with van der Waals surface area (Å²) < 4.78 is 3.73. The van der Waals surface area contributed by atoms with Gasteiger partial charge in [0.05, 0.1) is 11.0 Å². The van der Waals surface area contributed by atoms with E-state index in [2.05, 4.69) is 30.3 Å². The topological polar surface area (TPSA) is 44.0 Å². The van der Waals surface area contributed by atoms with E-state index in [1.165, 1.54) is 24.0 Å². The maximum atomic E-state index is 13.6. The molecule has 1 aliphatic carbocycles. The van der Waals surface area contributed by atoms with E-state index in [-0.39, 0.29) is 11.1 Å². The van der Waals surface area contributed by atoms with Crippen molar-refractivity contribution in [2.45, 2.75) is 45.2 Å². The van der Waals surface area contributed by atoms with Gasteiger partial charge >= 0.3 is 0 Å². The summed E-state index contributed by atoms with van der Waals surface area (Å²) in [6.45, 7) is 1.28. The zero-order chi connectivity index (χ0) is 19.5. The lowest BCUT2D eigenvalue weighted by Gasteiger charge is -2.18. The number of benzene rings is 2. The lowest BCUT2D eigenvalue weighted by atomic mass is 9.89. The highest BCUT2D eigenvalue weighted by Gasteiger charge is 2.19. The van der Waals surface area contributed by atoms with E-state index >= 15 is 0 Å². The fourth-order valence-corrected chi connectivity index (χ4v) is 5.18. The third-order valence-electron chi connectivity index (χ3n) is 6.62. The first kappa shape index (κ1) is 16.8. The molecule has 0 spiro atoms. The molecule has 0 unspecified atom stereocenters. The molecule has 4 aromatic rings. The molecule has 0 saturated heterocycles. The molecule has 0 N–H and O–H groups in total. The van der Waals surface area contributed by atoms with E-state index in [9.17, 15) is 9.59 Å². The van der Waals surface area contributed by atoms with Crippen LogP contribution in [-0.4, -0.2) is 9.13 Å². The van der Waals surface area contributed by atoms with Crippen molar-refractivity contribution >= 4 is 21.8 Å². The van der Waals surface area contributed by atoms with Crippen molar-refractivity contribution in [2.24, 2.45) is 0 Å². The smallest absolute Gasteiger partial charge is 0.258 e. The Morgan fingerprint density at radius 3 is 2.28 bits per heavy atom. The third-order valence-corrected chi connectivity index (χ3v) is 6.62. The summed E-state index contributed by atoms with van der Waals surface area (Å²) in [5, 5.41) is 2.03. The summed E-state index contributed by atoms with van der Waals surface area (Å²) in [7, 11) is 0. The average molecular weight is 382 g/mol. The van der Waals surface area contributed by atoms with E-state index < -0.39 is 0 Å². The second kappa shape index (κ2) is 6.18. The van der Waals surface area contributed by atoms with Crippen LogP contribution in [0.25, 0.3) is 32.9 Å². The van der Waals surface area contributed by atoms with Crippen molar-refractivity contribution < 1.29 is 0 Å². The number of fused-ring (bicyclic) bond motifs is 1. The van der Waals surface area contributed by atoms with Crippen molar-refractivity contribution in [3.05, 3.63) is 80.4 Å². The molecule has 0 atom stereocenters. The van der Waals surface area contributed by atoms with Gasteiger partial charge in [-0.1, -0.05) is 30.3 Å². The highest BCUT2D eigenvalue weighted by Crippen LogP contribution is 2.31. The van der Waals surface area contributed by atoms with Gasteiger partial charge in [-0.25, -0.2) is 0 Å². The summed E-state index contributed by atoms with van der Waals surface area (Å²) >= 11 is 0. The molecule has 2 aromatic heterocycles. The Morgan fingerprint density at radius 2 is 1.38 bits per heavy atom. The van der Waals surface area contributed by atoms with Crippen molar-refractivity contribution in [1.29, 1.82) is 0 Å². The Balaban J connectivity index is 1.68. The van der Waals surface area contributed by atoms with Gasteiger partial charge in [-0.05, 0) is 60.9 Å². The van der Waals surface area contributed by atoms with Crippen LogP contribution in [0.4, 0.5) is 0 Å². The number of rotatable bonds is 1. The lowest BCUT2D eigenvalue weighted by molar-refractivity contribution is 0.580. The summed E-state index contributed by atoms with van der Waals surface area (Å²) in [4.78, 5) is 26.0. The summed E-state index contributed by atoms with van der Waals surface area (Å²) in [6, 6.07) is 16.2. The van der Waals surface area contributed by atoms with Crippen LogP contribution in [0.15, 0.2) is 58.1 Å². The van der Waals surface area contributed by atoms with Crippen LogP contribution in [0.3, 0.4) is 0 Å². The van der Waals surface area contributed by atoms with Crippen molar-refractivity contribution in [3.63, 3.8) is 0 Å². The molecule has 144 valence electrons. The molecule has 0 amide bonds. The Labute approximate surface area is 168 Å². The van der Waals surface area contributed by atoms with Crippen molar-refractivity contribution in [3.8, 4) is 11.1 Å². The van der Waals surface area contributed by atoms with Crippen LogP contribution in [0.5, 0.6) is 0 Å². The molecule has 4 nitrogen and oxygen atoms in total. The first-order valence-electron chi connectivity index (χ1n) is 10.5. The molecular formula is C25H22N2O2. The van der Waals surface area contributed by atoms with Crippen LogP contribution < -0.4 is 11.1 Å². The molecule has 4 heteroatoms. The maximum absolute atomic E-state index is 13.6. The van der Waals surface area contributed by atoms with Crippen LogP contribution in [-0.2, 0) is 25.9 Å². The summed E-state index contributed by atoms with van der Waals surface area (Å²) in [5.41, 5.74) is 6.42. The zero-order valence-electron chi connectivity index (χ0n) is 16.3. The maximum Gasteiger partial charge on any atom is 0.258 e. The monoisotopic (exact) mass is 382 g/mol. The second-order valence-electron chi connectivity index (χ2n) is 8.32. The average Bonchev–Trinajstić information content (AvgIpc) is 2.96. The highest BCUT2D eigenvalue weighted by molar-refractivity contribution is 6.04. The molecule has 1 aliphatic heterocycles. The van der Waals surface area contributed by atoms with Gasteiger partial charge in [-0.15, -0.1) is 0 Å². The van der Waals surface area contributed by atoms with Crippen molar-refractivity contribution in [1.82, 2.24) is 9.13 Å². The number of hydrogen-bond donors (Lipinski definition) is 0. The van der Waals surface area contributed by atoms with E-state index in [0.29, 0.717) is 13.1 Å². The Morgan fingerprint density at radius 1 is 0.655 bits per heavy atom. The number of aryl methyl sites for hydroxylation is 4. The number of nitrogens with zero attached hydrogens (tertiary/aromatic N) is 2. The first-order valence-corrected chi connectivity index (χ1v) is 10.5. The fraction of sp³-hybridized carbons (Fsp3) is 0.280. The molecule has 0 bridgehead atoms.